The van der Waals surface area contributed by atoms with Crippen LogP contribution < -0.4 is 0 Å². The van der Waals surface area contributed by atoms with Gasteiger partial charge >= 0.3 is 5.97 Å². The Labute approximate surface area is 98.1 Å². The molecule has 0 radical (unpaired) electrons. The second-order valence-electron chi connectivity index (χ2n) is 3.77. The molecule has 0 aliphatic heterocycles. The highest BCUT2D eigenvalue weighted by molar-refractivity contribution is 5.67. The molecule has 4 heteroatoms. The maximum atomic E-state index is 13.6. The van der Waals surface area contributed by atoms with E-state index in [-0.39, 0.29) is 12.2 Å². The molecule has 0 amide bonds. The molecule has 0 spiro atoms. The first-order valence-corrected chi connectivity index (χ1v) is 5.30. The summed E-state index contributed by atoms with van der Waals surface area (Å²) in [4.78, 5) is 10.5. The zero-order valence-electron chi connectivity index (χ0n) is 9.14. The first-order chi connectivity index (χ1) is 8.16. The molecule has 88 valence electrons. The van der Waals surface area contributed by atoms with E-state index in [0.717, 1.165) is 5.56 Å². The minimum atomic E-state index is -0.850. The summed E-state index contributed by atoms with van der Waals surface area (Å²) in [5.74, 6) is -1.17. The maximum absolute atomic E-state index is 13.6. The van der Waals surface area contributed by atoms with Crippen LogP contribution in [-0.4, -0.2) is 15.6 Å². The Balaban J connectivity index is 2.27. The number of hydrogen-bond donors (Lipinski definition) is 1. The van der Waals surface area contributed by atoms with E-state index in [4.69, 9.17) is 5.11 Å². The standard InChI is InChI=1S/C13H12FNO2/c14-11-5-3-10(4-6-13(16)17)9-12(11)15-7-1-2-8-15/h1-3,5,7-9H,4,6H2,(H,16,17). The molecule has 17 heavy (non-hydrogen) atoms. The van der Waals surface area contributed by atoms with E-state index >= 15 is 0 Å². The van der Waals surface area contributed by atoms with Crippen molar-refractivity contribution in [2.75, 3.05) is 0 Å². The normalized spacial score (nSPS) is 10.4. The summed E-state index contributed by atoms with van der Waals surface area (Å²) >= 11 is 0. The van der Waals surface area contributed by atoms with Gasteiger partial charge in [0.2, 0.25) is 0 Å². The Morgan fingerprint density at radius 3 is 2.65 bits per heavy atom. The van der Waals surface area contributed by atoms with Crippen LogP contribution in [0.25, 0.3) is 5.69 Å². The van der Waals surface area contributed by atoms with E-state index in [2.05, 4.69) is 0 Å². The number of carboxylic acids is 1. The first-order valence-electron chi connectivity index (χ1n) is 5.30. The van der Waals surface area contributed by atoms with Crippen molar-refractivity contribution in [2.24, 2.45) is 0 Å². The Morgan fingerprint density at radius 2 is 2.00 bits per heavy atom. The SMILES string of the molecule is O=C(O)CCc1ccc(F)c(-n2cccc2)c1. The molecular formula is C13H12FNO2. The molecule has 0 atom stereocenters. The number of aliphatic carboxylic acids is 1. The van der Waals surface area contributed by atoms with Crippen LogP contribution in [-0.2, 0) is 11.2 Å². The van der Waals surface area contributed by atoms with Crippen LogP contribution in [0.5, 0.6) is 0 Å². The molecule has 1 aromatic carbocycles. The average molecular weight is 233 g/mol. The van der Waals surface area contributed by atoms with Gasteiger partial charge in [-0.2, -0.15) is 0 Å². The van der Waals surface area contributed by atoms with Crippen LogP contribution in [0.3, 0.4) is 0 Å². The third kappa shape index (κ3) is 2.72. The third-order valence-corrected chi connectivity index (χ3v) is 2.52. The number of aromatic nitrogens is 1. The lowest BCUT2D eigenvalue weighted by atomic mass is 10.1. The van der Waals surface area contributed by atoms with E-state index in [1.807, 2.05) is 12.1 Å². The van der Waals surface area contributed by atoms with Crippen molar-refractivity contribution in [2.45, 2.75) is 12.8 Å². The Hall–Kier alpha value is -2.10. The number of nitrogens with zero attached hydrogens (tertiary/aromatic N) is 1. The second-order valence-corrected chi connectivity index (χ2v) is 3.77. The van der Waals surface area contributed by atoms with E-state index in [9.17, 15) is 9.18 Å². The average Bonchev–Trinajstić information content (AvgIpc) is 2.81. The minimum Gasteiger partial charge on any atom is -0.481 e. The number of carbonyl (C=O) groups is 1. The van der Waals surface area contributed by atoms with Gasteiger partial charge in [-0.15, -0.1) is 0 Å². The zero-order chi connectivity index (χ0) is 12.3. The number of carboxylic acid groups (broad SMARTS) is 1. The van der Waals surface area contributed by atoms with Crippen molar-refractivity contribution in [3.8, 4) is 5.69 Å². The van der Waals surface area contributed by atoms with Crippen LogP contribution >= 0.6 is 0 Å². The van der Waals surface area contributed by atoms with Crippen molar-refractivity contribution in [1.82, 2.24) is 4.57 Å². The van der Waals surface area contributed by atoms with Gasteiger partial charge < -0.3 is 9.67 Å². The largest absolute Gasteiger partial charge is 0.481 e. The zero-order valence-corrected chi connectivity index (χ0v) is 9.14. The summed E-state index contributed by atoms with van der Waals surface area (Å²) in [6.45, 7) is 0. The van der Waals surface area contributed by atoms with Gasteiger partial charge in [0.1, 0.15) is 5.82 Å². The van der Waals surface area contributed by atoms with Crippen molar-refractivity contribution < 1.29 is 14.3 Å². The fraction of sp³-hybridized carbons (Fsp3) is 0.154. The van der Waals surface area contributed by atoms with Crippen LogP contribution in [0.15, 0.2) is 42.7 Å². The molecule has 0 fully saturated rings. The van der Waals surface area contributed by atoms with E-state index in [1.165, 1.54) is 6.07 Å². The number of hydrogen-bond acceptors (Lipinski definition) is 1. The fourth-order valence-electron chi connectivity index (χ4n) is 1.66. The molecule has 0 aliphatic carbocycles. The summed E-state index contributed by atoms with van der Waals surface area (Å²) in [6.07, 6.45) is 3.96. The van der Waals surface area contributed by atoms with Gasteiger partial charge in [-0.25, -0.2) is 4.39 Å². The maximum Gasteiger partial charge on any atom is 0.303 e. The van der Waals surface area contributed by atoms with Gasteiger partial charge in [-0.3, -0.25) is 4.79 Å². The molecule has 0 bridgehead atoms. The summed E-state index contributed by atoms with van der Waals surface area (Å²) in [6, 6.07) is 8.28. The van der Waals surface area contributed by atoms with Crippen molar-refractivity contribution in [1.29, 1.82) is 0 Å². The van der Waals surface area contributed by atoms with E-state index in [1.54, 1.807) is 29.1 Å². The second kappa shape index (κ2) is 4.82. The monoisotopic (exact) mass is 233 g/mol. The Kier molecular flexibility index (Phi) is 3.23. The highest BCUT2D eigenvalue weighted by Crippen LogP contribution is 2.16. The molecule has 3 nitrogen and oxygen atoms in total. The van der Waals surface area contributed by atoms with Gasteiger partial charge in [-0.05, 0) is 36.2 Å². The lowest BCUT2D eigenvalue weighted by Crippen LogP contribution is -2.00. The first kappa shape index (κ1) is 11.4. The highest BCUT2D eigenvalue weighted by Gasteiger charge is 2.06. The molecule has 0 saturated heterocycles. The van der Waals surface area contributed by atoms with Crippen molar-refractivity contribution in [3.05, 3.63) is 54.1 Å². The Bertz CT molecular complexity index is 520. The van der Waals surface area contributed by atoms with Gasteiger partial charge in [0.15, 0.2) is 0 Å². The highest BCUT2D eigenvalue weighted by atomic mass is 19.1. The predicted octanol–water partition coefficient (Wildman–Crippen LogP) is 2.63. The molecule has 2 aromatic rings. The third-order valence-electron chi connectivity index (χ3n) is 2.52. The lowest BCUT2D eigenvalue weighted by molar-refractivity contribution is -0.136. The van der Waals surface area contributed by atoms with Crippen LogP contribution in [0.1, 0.15) is 12.0 Å². The van der Waals surface area contributed by atoms with Gasteiger partial charge in [0, 0.05) is 18.8 Å². The Morgan fingerprint density at radius 1 is 1.29 bits per heavy atom. The summed E-state index contributed by atoms with van der Waals surface area (Å²) in [5, 5.41) is 8.60. The van der Waals surface area contributed by atoms with E-state index in [0.29, 0.717) is 12.1 Å². The smallest absolute Gasteiger partial charge is 0.303 e. The minimum absolute atomic E-state index is 0.0523. The molecule has 1 aromatic heterocycles. The molecular weight excluding hydrogens is 221 g/mol. The van der Waals surface area contributed by atoms with Gasteiger partial charge in [-0.1, -0.05) is 6.07 Å². The molecule has 0 aliphatic rings. The quantitative estimate of drug-likeness (QED) is 0.882. The number of rotatable bonds is 4. The predicted molar refractivity (Wildman–Crippen MR) is 61.7 cm³/mol. The molecule has 2 rings (SSSR count). The summed E-state index contributed by atoms with van der Waals surface area (Å²) in [5.41, 5.74) is 1.26. The van der Waals surface area contributed by atoms with Crippen molar-refractivity contribution >= 4 is 5.97 Å². The molecule has 0 unspecified atom stereocenters. The topological polar surface area (TPSA) is 42.2 Å². The number of aryl methyl sites for hydroxylation is 1. The van der Waals surface area contributed by atoms with Crippen LogP contribution in [0, 0.1) is 5.82 Å². The lowest BCUT2D eigenvalue weighted by Gasteiger charge is -2.07. The van der Waals surface area contributed by atoms with Crippen LogP contribution in [0.2, 0.25) is 0 Å². The molecule has 1 heterocycles. The summed E-state index contributed by atoms with van der Waals surface area (Å²) in [7, 11) is 0. The van der Waals surface area contributed by atoms with E-state index < -0.39 is 5.97 Å². The fourth-order valence-corrected chi connectivity index (χ4v) is 1.66. The van der Waals surface area contributed by atoms with Gasteiger partial charge in [0.25, 0.3) is 0 Å². The van der Waals surface area contributed by atoms with Gasteiger partial charge in [0.05, 0.1) is 5.69 Å². The number of halogens is 1. The summed E-state index contributed by atoms with van der Waals surface area (Å²) < 4.78 is 15.3. The van der Waals surface area contributed by atoms with Crippen LogP contribution in [0.4, 0.5) is 4.39 Å². The van der Waals surface area contributed by atoms with Crippen molar-refractivity contribution in [3.63, 3.8) is 0 Å². The molecule has 1 N–H and O–H groups in total. The molecule has 0 saturated carbocycles. The number of benzene rings is 1.